The van der Waals surface area contributed by atoms with Gasteiger partial charge in [-0.2, -0.15) is 0 Å². The topological polar surface area (TPSA) is 59.1 Å². The van der Waals surface area contributed by atoms with E-state index in [1.165, 1.54) is 15.9 Å². The molecule has 0 heterocycles. The Labute approximate surface area is 147 Å². The molecule has 0 unspecified atom stereocenters. The van der Waals surface area contributed by atoms with Crippen molar-refractivity contribution in [3.8, 4) is 11.5 Å². The Morgan fingerprint density at radius 2 is 1.17 bits per heavy atom. The number of halogens is 1. The van der Waals surface area contributed by atoms with Crippen LogP contribution in [0.2, 0.25) is 0 Å². The fraction of sp³-hybridized carbons (Fsp3) is 0.467. The van der Waals surface area contributed by atoms with E-state index in [9.17, 15) is 9.59 Å². The van der Waals surface area contributed by atoms with E-state index in [1.54, 1.807) is 40.3 Å². The van der Waals surface area contributed by atoms with Gasteiger partial charge in [0.05, 0.1) is 21.1 Å². The molecule has 0 aliphatic heterocycles. The Balaban J connectivity index is 0.00000484. The van der Waals surface area contributed by atoms with Gasteiger partial charge in [-0.3, -0.25) is 4.48 Å². The van der Waals surface area contributed by atoms with Crippen molar-refractivity contribution < 1.29 is 36.0 Å². The van der Waals surface area contributed by atoms with Crippen LogP contribution in [0.4, 0.5) is 15.3 Å². The van der Waals surface area contributed by atoms with Gasteiger partial charge in [-0.25, -0.2) is 9.59 Å². The van der Waals surface area contributed by atoms with E-state index in [-0.39, 0.29) is 17.0 Å². The van der Waals surface area contributed by atoms with Crippen molar-refractivity contribution in [2.75, 3.05) is 49.3 Å². The Hall–Kier alpha value is -1.80. The standard InChI is InChI=1S/C15H24N3O4.BrH/c1-16(2)14(19)21-12-8-11(18(5,6)7)9-13(10-12)22-15(20)17(3)4;/h8-10H,1-7H3;1H/q+1;/p-1. The summed E-state index contributed by atoms with van der Waals surface area (Å²) in [5.74, 6) is 0.650. The first-order chi connectivity index (χ1) is 10.0. The highest BCUT2D eigenvalue weighted by Gasteiger charge is 2.19. The van der Waals surface area contributed by atoms with E-state index in [1.807, 2.05) is 21.1 Å². The van der Waals surface area contributed by atoms with Gasteiger partial charge in [-0.15, -0.1) is 0 Å². The van der Waals surface area contributed by atoms with Crippen LogP contribution in [0.15, 0.2) is 18.2 Å². The molecule has 0 aliphatic rings. The van der Waals surface area contributed by atoms with Gasteiger partial charge in [0.25, 0.3) is 0 Å². The van der Waals surface area contributed by atoms with Gasteiger partial charge >= 0.3 is 12.2 Å². The second-order valence-electron chi connectivity index (χ2n) is 6.20. The number of nitrogens with zero attached hydrogens (tertiary/aromatic N) is 3. The molecule has 1 aromatic rings. The van der Waals surface area contributed by atoms with E-state index >= 15 is 0 Å². The number of carbonyl (C=O) groups excluding carboxylic acids is 2. The van der Waals surface area contributed by atoms with Gasteiger partial charge in [0.15, 0.2) is 0 Å². The molecular weight excluding hydrogens is 366 g/mol. The predicted octanol–water partition coefficient (Wildman–Crippen LogP) is -0.992. The molecule has 0 radical (unpaired) electrons. The first kappa shape index (κ1) is 21.2. The number of carbonyl (C=O) groups is 2. The Bertz CT molecular complexity index is 528. The van der Waals surface area contributed by atoms with E-state index in [0.29, 0.717) is 16.0 Å². The average Bonchev–Trinajstić information content (AvgIpc) is 2.36. The smallest absolute Gasteiger partial charge is 0.414 e. The minimum atomic E-state index is -0.497. The quantitative estimate of drug-likeness (QED) is 0.622. The summed E-state index contributed by atoms with van der Waals surface area (Å²) >= 11 is 0. The molecule has 0 bridgehead atoms. The SMILES string of the molecule is CN(C)C(=O)Oc1cc(OC(=O)N(C)C)cc([N+](C)(C)C)c1.[Br-]. The van der Waals surface area contributed by atoms with Gasteiger partial charge in [-0.05, 0) is 0 Å². The lowest BCUT2D eigenvalue weighted by molar-refractivity contribution is -0.0000152. The Morgan fingerprint density at radius 1 is 0.826 bits per heavy atom. The molecule has 23 heavy (non-hydrogen) atoms. The highest BCUT2D eigenvalue weighted by molar-refractivity contribution is 5.73. The number of amides is 2. The first-order valence-corrected chi connectivity index (χ1v) is 6.76. The van der Waals surface area contributed by atoms with Crippen LogP contribution in [0.5, 0.6) is 11.5 Å². The monoisotopic (exact) mass is 389 g/mol. The molecule has 0 N–H and O–H groups in total. The third kappa shape index (κ3) is 6.45. The van der Waals surface area contributed by atoms with Crippen LogP contribution in [-0.4, -0.2) is 71.3 Å². The maximum Gasteiger partial charge on any atom is 0.414 e. The summed E-state index contributed by atoms with van der Waals surface area (Å²) in [7, 11) is 12.3. The lowest BCUT2D eigenvalue weighted by Crippen LogP contribution is -3.00. The summed E-state index contributed by atoms with van der Waals surface area (Å²) in [6, 6.07) is 5.00. The molecule has 130 valence electrons. The van der Waals surface area contributed by atoms with Crippen molar-refractivity contribution in [2.45, 2.75) is 0 Å². The van der Waals surface area contributed by atoms with Crippen molar-refractivity contribution in [1.82, 2.24) is 14.3 Å². The van der Waals surface area contributed by atoms with E-state index in [2.05, 4.69) is 0 Å². The number of quaternary nitrogens is 1. The van der Waals surface area contributed by atoms with E-state index in [4.69, 9.17) is 9.47 Å². The number of benzene rings is 1. The Morgan fingerprint density at radius 3 is 1.43 bits per heavy atom. The number of ether oxygens (including phenoxy) is 2. The molecule has 1 rings (SSSR count). The van der Waals surface area contributed by atoms with Gasteiger partial charge in [0.1, 0.15) is 17.2 Å². The molecule has 0 saturated heterocycles. The van der Waals surface area contributed by atoms with Crippen molar-refractivity contribution in [2.24, 2.45) is 0 Å². The van der Waals surface area contributed by atoms with Crippen molar-refractivity contribution in [3.05, 3.63) is 18.2 Å². The highest BCUT2D eigenvalue weighted by Crippen LogP contribution is 2.30. The largest absolute Gasteiger partial charge is 1.00 e. The molecule has 0 atom stereocenters. The molecule has 0 saturated carbocycles. The average molecular weight is 390 g/mol. The van der Waals surface area contributed by atoms with Crippen LogP contribution >= 0.6 is 0 Å². The second kappa shape index (κ2) is 8.16. The third-order valence-corrected chi connectivity index (χ3v) is 2.78. The van der Waals surface area contributed by atoms with Gasteiger partial charge in [0, 0.05) is 46.4 Å². The zero-order valence-corrected chi connectivity index (χ0v) is 16.2. The van der Waals surface area contributed by atoms with Crippen molar-refractivity contribution >= 4 is 17.9 Å². The maximum atomic E-state index is 11.7. The van der Waals surface area contributed by atoms with Crippen molar-refractivity contribution in [1.29, 1.82) is 0 Å². The molecule has 0 fully saturated rings. The molecule has 8 heteroatoms. The second-order valence-corrected chi connectivity index (χ2v) is 6.20. The highest BCUT2D eigenvalue weighted by atomic mass is 79.9. The molecule has 0 spiro atoms. The molecule has 2 amide bonds. The summed E-state index contributed by atoms with van der Waals surface area (Å²) in [4.78, 5) is 26.0. The summed E-state index contributed by atoms with van der Waals surface area (Å²) in [5, 5.41) is 0. The van der Waals surface area contributed by atoms with E-state index in [0.717, 1.165) is 5.69 Å². The summed E-state index contributed by atoms with van der Waals surface area (Å²) in [6.07, 6.45) is -0.994. The fourth-order valence-corrected chi connectivity index (χ4v) is 1.45. The van der Waals surface area contributed by atoms with Gasteiger partial charge in [0.2, 0.25) is 0 Å². The minimum absolute atomic E-state index is 0. The molecule has 0 aromatic heterocycles. The number of rotatable bonds is 3. The summed E-state index contributed by atoms with van der Waals surface area (Å²) in [6.45, 7) is 0. The van der Waals surface area contributed by atoms with Crippen molar-refractivity contribution in [3.63, 3.8) is 0 Å². The van der Waals surface area contributed by atoms with Crippen LogP contribution < -0.4 is 30.9 Å². The first-order valence-electron chi connectivity index (χ1n) is 6.76. The van der Waals surface area contributed by atoms with Crippen LogP contribution in [0.25, 0.3) is 0 Å². The Kier molecular flexibility index (Phi) is 7.53. The lowest BCUT2D eigenvalue weighted by atomic mass is 10.2. The van der Waals surface area contributed by atoms with Gasteiger partial charge in [-0.1, -0.05) is 0 Å². The van der Waals surface area contributed by atoms with Gasteiger partial charge < -0.3 is 36.3 Å². The van der Waals surface area contributed by atoms with Crippen LogP contribution in [0.3, 0.4) is 0 Å². The summed E-state index contributed by atoms with van der Waals surface area (Å²) in [5.41, 5.74) is 0.839. The number of hydrogen-bond acceptors (Lipinski definition) is 4. The fourth-order valence-electron chi connectivity index (χ4n) is 1.45. The maximum absolute atomic E-state index is 11.7. The molecule has 0 aliphatic carbocycles. The minimum Gasteiger partial charge on any atom is -1.00 e. The zero-order chi connectivity index (χ0) is 17.1. The zero-order valence-electron chi connectivity index (χ0n) is 14.6. The number of hydrogen-bond donors (Lipinski definition) is 0. The lowest BCUT2D eigenvalue weighted by Gasteiger charge is -2.24. The van der Waals surface area contributed by atoms with E-state index < -0.39 is 12.2 Å². The normalized spacial score (nSPS) is 10.4. The van der Waals surface area contributed by atoms with Crippen LogP contribution in [-0.2, 0) is 0 Å². The predicted molar refractivity (Wildman–Crippen MR) is 85.4 cm³/mol. The summed E-state index contributed by atoms with van der Waals surface area (Å²) < 4.78 is 11.0. The third-order valence-electron chi connectivity index (χ3n) is 2.78. The molecular formula is C15H24BrN3O4. The molecule has 1 aromatic carbocycles. The van der Waals surface area contributed by atoms with Crippen LogP contribution in [0, 0.1) is 0 Å². The molecule has 7 nitrogen and oxygen atoms in total. The van der Waals surface area contributed by atoms with Crippen LogP contribution in [0.1, 0.15) is 0 Å².